The van der Waals surface area contributed by atoms with Gasteiger partial charge < -0.3 is 15.6 Å². The smallest absolute Gasteiger partial charge is 0.137 e. The number of pyridine rings is 1. The monoisotopic (exact) mass is 210 g/mol. The molecule has 0 aliphatic carbocycles. The lowest BCUT2D eigenvalue weighted by atomic mass is 10.2. The maximum Gasteiger partial charge on any atom is 0.137 e. The fraction of sp³-hybridized carbons (Fsp3) is 0.545. The van der Waals surface area contributed by atoms with Crippen LogP contribution in [0.5, 0.6) is 5.75 Å². The van der Waals surface area contributed by atoms with Crippen molar-refractivity contribution in [3.8, 4) is 5.75 Å². The van der Waals surface area contributed by atoms with E-state index < -0.39 is 6.04 Å². The lowest BCUT2D eigenvalue weighted by Gasteiger charge is -2.10. The van der Waals surface area contributed by atoms with Crippen LogP contribution in [0.2, 0.25) is 0 Å². The highest BCUT2D eigenvalue weighted by molar-refractivity contribution is 5.21. The zero-order chi connectivity index (χ0) is 11.3. The number of aliphatic hydroxyl groups is 1. The van der Waals surface area contributed by atoms with Gasteiger partial charge in [-0.3, -0.25) is 4.98 Å². The van der Waals surface area contributed by atoms with Gasteiger partial charge in [0.2, 0.25) is 0 Å². The summed E-state index contributed by atoms with van der Waals surface area (Å²) in [6.07, 6.45) is 1.63. The Morgan fingerprint density at radius 3 is 2.67 bits per heavy atom. The Morgan fingerprint density at radius 2 is 2.20 bits per heavy atom. The van der Waals surface area contributed by atoms with Crippen LogP contribution in [0.3, 0.4) is 0 Å². The Kier molecular flexibility index (Phi) is 4.52. The minimum Gasteiger partial charge on any atom is -0.492 e. The van der Waals surface area contributed by atoms with E-state index in [-0.39, 0.29) is 6.61 Å². The third-order valence-electron chi connectivity index (χ3n) is 1.92. The van der Waals surface area contributed by atoms with Crippen LogP contribution in [0.1, 0.15) is 25.6 Å². The molecule has 84 valence electrons. The Balaban J connectivity index is 2.56. The molecule has 1 unspecified atom stereocenters. The first-order valence-electron chi connectivity index (χ1n) is 5.08. The summed E-state index contributed by atoms with van der Waals surface area (Å²) in [7, 11) is 0. The molecule has 1 aromatic heterocycles. The Labute approximate surface area is 90.1 Å². The van der Waals surface area contributed by atoms with Crippen molar-refractivity contribution in [1.82, 2.24) is 4.98 Å². The fourth-order valence-electron chi connectivity index (χ4n) is 1.05. The molecule has 1 rings (SSSR count). The average molecular weight is 210 g/mol. The first-order valence-corrected chi connectivity index (χ1v) is 5.08. The van der Waals surface area contributed by atoms with Crippen molar-refractivity contribution in [2.45, 2.75) is 19.9 Å². The minimum atomic E-state index is -0.413. The Bertz CT molecular complexity index is 285. The van der Waals surface area contributed by atoms with E-state index in [1.807, 2.05) is 6.07 Å². The highest BCUT2D eigenvalue weighted by atomic mass is 16.5. The van der Waals surface area contributed by atoms with Gasteiger partial charge in [0.15, 0.2) is 0 Å². The summed E-state index contributed by atoms with van der Waals surface area (Å²) in [5.74, 6) is 1.22. The van der Waals surface area contributed by atoms with Gasteiger partial charge in [0, 0.05) is 0 Å². The van der Waals surface area contributed by atoms with E-state index in [1.165, 1.54) is 0 Å². The van der Waals surface area contributed by atoms with Crippen LogP contribution in [0.15, 0.2) is 18.3 Å². The molecule has 0 fully saturated rings. The van der Waals surface area contributed by atoms with Crippen molar-refractivity contribution in [2.24, 2.45) is 11.7 Å². The van der Waals surface area contributed by atoms with E-state index in [4.69, 9.17) is 15.6 Å². The van der Waals surface area contributed by atoms with Crippen LogP contribution in [0.4, 0.5) is 0 Å². The SMILES string of the molecule is CC(C)COc1ccc(C(N)CO)nc1. The normalized spacial score (nSPS) is 12.9. The maximum atomic E-state index is 8.84. The summed E-state index contributed by atoms with van der Waals surface area (Å²) >= 11 is 0. The van der Waals surface area contributed by atoms with E-state index in [1.54, 1.807) is 12.3 Å². The first-order chi connectivity index (χ1) is 7.13. The summed E-state index contributed by atoms with van der Waals surface area (Å²) < 4.78 is 5.47. The second-order valence-corrected chi connectivity index (χ2v) is 3.91. The molecule has 0 aliphatic heterocycles. The van der Waals surface area contributed by atoms with Crippen molar-refractivity contribution in [2.75, 3.05) is 13.2 Å². The summed E-state index contributed by atoms with van der Waals surface area (Å²) in [5.41, 5.74) is 6.29. The predicted molar refractivity (Wildman–Crippen MR) is 58.6 cm³/mol. The van der Waals surface area contributed by atoms with Crippen LogP contribution >= 0.6 is 0 Å². The first kappa shape index (κ1) is 11.9. The van der Waals surface area contributed by atoms with Gasteiger partial charge in [-0.05, 0) is 18.1 Å². The summed E-state index contributed by atoms with van der Waals surface area (Å²) in [6.45, 7) is 4.75. The molecule has 0 radical (unpaired) electrons. The third-order valence-corrected chi connectivity index (χ3v) is 1.92. The van der Waals surface area contributed by atoms with E-state index in [0.29, 0.717) is 18.2 Å². The van der Waals surface area contributed by atoms with Gasteiger partial charge in [-0.25, -0.2) is 0 Å². The van der Waals surface area contributed by atoms with Gasteiger partial charge >= 0.3 is 0 Å². The lowest BCUT2D eigenvalue weighted by molar-refractivity contribution is 0.262. The molecule has 0 aliphatic rings. The van der Waals surface area contributed by atoms with Gasteiger partial charge in [0.1, 0.15) is 5.75 Å². The van der Waals surface area contributed by atoms with E-state index in [9.17, 15) is 0 Å². The maximum absolute atomic E-state index is 8.84. The van der Waals surface area contributed by atoms with Gasteiger partial charge in [-0.1, -0.05) is 13.8 Å². The zero-order valence-electron chi connectivity index (χ0n) is 9.18. The second-order valence-electron chi connectivity index (χ2n) is 3.91. The van der Waals surface area contributed by atoms with Gasteiger partial charge in [0.25, 0.3) is 0 Å². The molecule has 1 heterocycles. The van der Waals surface area contributed by atoms with Crippen molar-refractivity contribution in [1.29, 1.82) is 0 Å². The van der Waals surface area contributed by atoms with Crippen LogP contribution in [0, 0.1) is 5.92 Å². The fourth-order valence-corrected chi connectivity index (χ4v) is 1.05. The number of aromatic nitrogens is 1. The molecule has 0 saturated carbocycles. The van der Waals surface area contributed by atoms with Crippen LogP contribution in [0.25, 0.3) is 0 Å². The summed E-state index contributed by atoms with van der Waals surface area (Å²) in [4.78, 5) is 4.12. The van der Waals surface area contributed by atoms with Gasteiger partial charge in [-0.2, -0.15) is 0 Å². The molecule has 3 N–H and O–H groups in total. The number of rotatable bonds is 5. The largest absolute Gasteiger partial charge is 0.492 e. The predicted octanol–water partition coefficient (Wildman–Crippen LogP) is 1.11. The Morgan fingerprint density at radius 1 is 1.47 bits per heavy atom. The molecule has 0 aromatic carbocycles. The van der Waals surface area contributed by atoms with Crippen molar-refractivity contribution >= 4 is 0 Å². The number of nitrogens with two attached hydrogens (primary N) is 1. The quantitative estimate of drug-likeness (QED) is 0.764. The molecule has 0 bridgehead atoms. The van der Waals surface area contributed by atoms with E-state index in [0.717, 1.165) is 5.75 Å². The zero-order valence-corrected chi connectivity index (χ0v) is 9.18. The van der Waals surface area contributed by atoms with E-state index in [2.05, 4.69) is 18.8 Å². The van der Waals surface area contributed by atoms with Crippen molar-refractivity contribution in [3.05, 3.63) is 24.0 Å². The molecule has 4 nitrogen and oxygen atoms in total. The van der Waals surface area contributed by atoms with Crippen molar-refractivity contribution in [3.63, 3.8) is 0 Å². The number of hydrogen-bond donors (Lipinski definition) is 2. The molecular weight excluding hydrogens is 192 g/mol. The molecule has 15 heavy (non-hydrogen) atoms. The molecule has 0 amide bonds. The van der Waals surface area contributed by atoms with Crippen LogP contribution in [-0.4, -0.2) is 23.3 Å². The molecule has 1 atom stereocenters. The minimum absolute atomic E-state index is 0.0980. The Hall–Kier alpha value is -1.13. The molecule has 1 aromatic rings. The van der Waals surface area contributed by atoms with Crippen molar-refractivity contribution < 1.29 is 9.84 Å². The standard InChI is InChI=1S/C11H18N2O2/c1-8(2)7-15-9-3-4-11(13-5-9)10(12)6-14/h3-5,8,10,14H,6-7,12H2,1-2H3. The second kappa shape index (κ2) is 5.68. The average Bonchev–Trinajstić information content (AvgIpc) is 2.26. The molecule has 0 spiro atoms. The molecule has 4 heteroatoms. The summed E-state index contributed by atoms with van der Waals surface area (Å²) in [5, 5.41) is 8.84. The third kappa shape index (κ3) is 3.85. The number of nitrogens with zero attached hydrogens (tertiary/aromatic N) is 1. The summed E-state index contributed by atoms with van der Waals surface area (Å²) in [6, 6.07) is 3.18. The van der Waals surface area contributed by atoms with Gasteiger partial charge in [0.05, 0.1) is 31.1 Å². The van der Waals surface area contributed by atoms with Crippen LogP contribution < -0.4 is 10.5 Å². The van der Waals surface area contributed by atoms with E-state index >= 15 is 0 Å². The van der Waals surface area contributed by atoms with Crippen LogP contribution in [-0.2, 0) is 0 Å². The molecule has 0 saturated heterocycles. The highest BCUT2D eigenvalue weighted by Gasteiger charge is 2.05. The lowest BCUT2D eigenvalue weighted by Crippen LogP contribution is -2.15. The highest BCUT2D eigenvalue weighted by Crippen LogP contribution is 2.13. The molecular formula is C11H18N2O2. The number of ether oxygens (including phenoxy) is 1. The topological polar surface area (TPSA) is 68.4 Å². The number of aliphatic hydroxyl groups excluding tert-OH is 1. The van der Waals surface area contributed by atoms with Gasteiger partial charge in [-0.15, -0.1) is 0 Å². The number of hydrogen-bond acceptors (Lipinski definition) is 4.